The van der Waals surface area contributed by atoms with Crippen LogP contribution in [0.15, 0.2) is 115 Å². The first-order chi connectivity index (χ1) is 26.0. The molecule has 0 spiro atoms. The summed E-state index contributed by atoms with van der Waals surface area (Å²) in [7, 11) is 0. The Morgan fingerprint density at radius 2 is 1.09 bits per heavy atom. The Morgan fingerprint density at radius 1 is 0.593 bits per heavy atom. The van der Waals surface area contributed by atoms with Crippen molar-refractivity contribution in [3.8, 4) is 5.75 Å². The first-order valence-corrected chi connectivity index (χ1v) is 17.6. The molecule has 4 aromatic carbocycles. The predicted octanol–water partition coefficient (Wildman–Crippen LogP) is 2.52. The van der Waals surface area contributed by atoms with Crippen LogP contribution in [0.3, 0.4) is 0 Å². The minimum atomic E-state index is -1.26. The van der Waals surface area contributed by atoms with Gasteiger partial charge in [-0.3, -0.25) is 19.2 Å². The zero-order chi connectivity index (χ0) is 38.6. The number of aromatic nitrogens is 1. The number of phenols is 1. The smallest absolute Gasteiger partial charge is 0.326 e. The summed E-state index contributed by atoms with van der Waals surface area (Å²) in [5.41, 5.74) is 9.97. The van der Waals surface area contributed by atoms with Gasteiger partial charge in [-0.1, -0.05) is 91.0 Å². The number of carboxylic acids is 1. The quantitative estimate of drug-likeness (QED) is 0.0709. The van der Waals surface area contributed by atoms with Gasteiger partial charge in [0.25, 0.3) is 0 Å². The van der Waals surface area contributed by atoms with E-state index in [0.717, 1.165) is 22.0 Å². The molecule has 0 aliphatic carbocycles. The molecule has 54 heavy (non-hydrogen) atoms. The summed E-state index contributed by atoms with van der Waals surface area (Å²) in [6.07, 6.45) is 2.04. The summed E-state index contributed by atoms with van der Waals surface area (Å²) in [6.45, 7) is 1.45. The summed E-state index contributed by atoms with van der Waals surface area (Å²) in [5.74, 6) is -3.82. The van der Waals surface area contributed by atoms with Gasteiger partial charge in [-0.15, -0.1) is 0 Å². The number of H-pyrrole nitrogens is 1. The van der Waals surface area contributed by atoms with E-state index in [-0.39, 0.29) is 31.4 Å². The number of rotatable bonds is 17. The molecule has 0 aliphatic heterocycles. The Kier molecular flexibility index (Phi) is 13.2. The van der Waals surface area contributed by atoms with Gasteiger partial charge < -0.3 is 42.2 Å². The molecule has 0 unspecified atom stereocenters. The topological polar surface area (TPSA) is 216 Å². The number of phenolic OH excluding ortho intramolecular Hbond substituents is 1. The Balaban J connectivity index is 1.30. The highest BCUT2D eigenvalue weighted by Gasteiger charge is 2.31. The molecule has 13 heteroatoms. The fourth-order valence-corrected chi connectivity index (χ4v) is 6.04. The van der Waals surface area contributed by atoms with Crippen LogP contribution in [0.1, 0.15) is 29.2 Å². The lowest BCUT2D eigenvalue weighted by Crippen LogP contribution is -2.58. The third-order valence-corrected chi connectivity index (χ3v) is 9.03. The van der Waals surface area contributed by atoms with Crippen LogP contribution in [0, 0.1) is 0 Å². The van der Waals surface area contributed by atoms with Crippen LogP contribution >= 0.6 is 0 Å². The van der Waals surface area contributed by atoms with Gasteiger partial charge in [0, 0.05) is 36.4 Å². The summed E-state index contributed by atoms with van der Waals surface area (Å²) in [4.78, 5) is 69.7. The number of hydrogen-bond acceptors (Lipinski definition) is 7. The molecule has 1 heterocycles. The van der Waals surface area contributed by atoms with E-state index < -0.39 is 59.8 Å². The summed E-state index contributed by atoms with van der Waals surface area (Å²) in [6, 6.07) is 25.8. The summed E-state index contributed by atoms with van der Waals surface area (Å²) >= 11 is 0. The lowest BCUT2D eigenvalue weighted by Gasteiger charge is -2.25. The zero-order valence-corrected chi connectivity index (χ0v) is 29.7. The molecule has 9 N–H and O–H groups in total. The van der Waals surface area contributed by atoms with Crippen LogP contribution in [0.2, 0.25) is 0 Å². The van der Waals surface area contributed by atoms with Crippen molar-refractivity contribution in [2.75, 3.05) is 0 Å². The monoisotopic (exact) mass is 732 g/mol. The molecule has 4 amide bonds. The van der Waals surface area contributed by atoms with Crippen LogP contribution in [0.4, 0.5) is 0 Å². The van der Waals surface area contributed by atoms with Crippen molar-refractivity contribution < 1.29 is 34.2 Å². The number of benzene rings is 4. The lowest BCUT2D eigenvalue weighted by molar-refractivity contribution is -0.142. The number of hydrogen-bond donors (Lipinski definition) is 8. The van der Waals surface area contributed by atoms with E-state index in [1.54, 1.807) is 79.0 Å². The number of amides is 4. The minimum absolute atomic E-state index is 0.0303. The average Bonchev–Trinajstić information content (AvgIpc) is 3.58. The fraction of sp³-hybridized carbons (Fsp3) is 0.244. The van der Waals surface area contributed by atoms with Crippen molar-refractivity contribution >= 4 is 40.5 Å². The number of carbonyl (C=O) groups excluding carboxylic acids is 4. The van der Waals surface area contributed by atoms with E-state index in [1.165, 1.54) is 19.1 Å². The van der Waals surface area contributed by atoms with Crippen molar-refractivity contribution in [3.05, 3.63) is 138 Å². The van der Waals surface area contributed by atoms with Gasteiger partial charge in [-0.25, -0.2) is 4.79 Å². The lowest BCUT2D eigenvalue weighted by atomic mass is 10.0. The van der Waals surface area contributed by atoms with Crippen LogP contribution < -0.4 is 27.0 Å². The summed E-state index contributed by atoms with van der Waals surface area (Å²) in [5, 5.41) is 31.0. The number of aromatic amines is 1. The number of aromatic hydroxyl groups is 1. The molecule has 0 aliphatic rings. The molecule has 0 fully saturated rings. The number of fused-ring (bicyclic) bond motifs is 1. The van der Waals surface area contributed by atoms with E-state index in [9.17, 15) is 34.2 Å². The fourth-order valence-electron chi connectivity index (χ4n) is 6.04. The molecule has 0 radical (unpaired) electrons. The van der Waals surface area contributed by atoms with Gasteiger partial charge in [0.15, 0.2) is 0 Å². The second kappa shape index (κ2) is 18.3. The maximum atomic E-state index is 13.8. The second-order valence-electron chi connectivity index (χ2n) is 13.2. The van der Waals surface area contributed by atoms with Crippen LogP contribution in [0.25, 0.3) is 10.9 Å². The van der Waals surface area contributed by atoms with Crippen molar-refractivity contribution in [1.82, 2.24) is 26.3 Å². The van der Waals surface area contributed by atoms with E-state index >= 15 is 0 Å². The van der Waals surface area contributed by atoms with Crippen LogP contribution in [-0.4, -0.2) is 75.0 Å². The largest absolute Gasteiger partial charge is 0.508 e. The second-order valence-corrected chi connectivity index (χ2v) is 13.2. The van der Waals surface area contributed by atoms with Gasteiger partial charge in [-0.2, -0.15) is 0 Å². The van der Waals surface area contributed by atoms with Crippen molar-refractivity contribution in [2.45, 2.75) is 62.8 Å². The number of carbonyl (C=O) groups is 5. The van der Waals surface area contributed by atoms with Crippen molar-refractivity contribution in [3.63, 3.8) is 0 Å². The standard InChI is InChI=1S/C41H44N6O7/c1-25(37(49)45-34(21-26-10-4-2-5-11-26)40(52)47-36(41(53)54)22-27-12-6-3-7-13-27)44-39(51)35(23-29-24-43-33-15-9-8-14-31(29)33)46-38(50)32(42)20-28-16-18-30(48)19-17-28/h2-19,24-25,32,34-36,43,48H,20-23,42H2,1H3,(H,44,51)(H,45,49)(H,46,50)(H,47,52)(H,53,54)/t25-,32-,34-,35-,36-/m1/s1. The number of carboxylic acid groups (broad SMARTS) is 1. The Bertz CT molecular complexity index is 2050. The van der Waals surface area contributed by atoms with Gasteiger partial charge in [0.05, 0.1) is 6.04 Å². The van der Waals surface area contributed by atoms with Gasteiger partial charge in [-0.05, 0) is 53.8 Å². The Labute approximate surface area is 312 Å². The van der Waals surface area contributed by atoms with E-state index in [0.29, 0.717) is 11.1 Å². The van der Waals surface area contributed by atoms with Gasteiger partial charge in [0.1, 0.15) is 29.9 Å². The highest BCUT2D eigenvalue weighted by atomic mass is 16.4. The Hall–Kier alpha value is -6.47. The molecule has 280 valence electrons. The first kappa shape index (κ1) is 38.8. The number of para-hydroxylation sites is 1. The molecule has 5 atom stereocenters. The summed E-state index contributed by atoms with van der Waals surface area (Å²) < 4.78 is 0. The maximum Gasteiger partial charge on any atom is 0.326 e. The van der Waals surface area contributed by atoms with E-state index in [2.05, 4.69) is 26.3 Å². The molecule has 0 saturated heterocycles. The predicted molar refractivity (Wildman–Crippen MR) is 203 cm³/mol. The van der Waals surface area contributed by atoms with E-state index in [1.807, 2.05) is 24.3 Å². The van der Waals surface area contributed by atoms with E-state index in [4.69, 9.17) is 5.73 Å². The van der Waals surface area contributed by atoms with Gasteiger partial charge in [0.2, 0.25) is 23.6 Å². The van der Waals surface area contributed by atoms with Crippen molar-refractivity contribution in [2.24, 2.45) is 5.73 Å². The van der Waals surface area contributed by atoms with Crippen LogP contribution in [0.5, 0.6) is 5.75 Å². The highest BCUT2D eigenvalue weighted by molar-refractivity contribution is 5.96. The molecular weight excluding hydrogens is 688 g/mol. The molecule has 13 nitrogen and oxygen atoms in total. The Morgan fingerprint density at radius 3 is 1.72 bits per heavy atom. The maximum absolute atomic E-state index is 13.8. The number of nitrogens with one attached hydrogen (secondary N) is 5. The van der Waals surface area contributed by atoms with Gasteiger partial charge >= 0.3 is 5.97 Å². The normalized spacial score (nSPS) is 13.8. The molecule has 1 aromatic heterocycles. The third kappa shape index (κ3) is 10.8. The zero-order valence-electron chi connectivity index (χ0n) is 29.7. The third-order valence-electron chi connectivity index (χ3n) is 9.03. The average molecular weight is 733 g/mol. The highest BCUT2D eigenvalue weighted by Crippen LogP contribution is 2.20. The van der Waals surface area contributed by atoms with Crippen molar-refractivity contribution in [1.29, 1.82) is 0 Å². The molecular formula is C41H44N6O7. The number of aliphatic carboxylic acids is 1. The SMILES string of the molecule is C[C@@H](NC(=O)[C@@H](Cc1c[nH]c2ccccc12)NC(=O)[C@H](N)Cc1ccc(O)cc1)C(=O)N[C@H](Cc1ccccc1)C(=O)N[C@H](Cc1ccccc1)C(=O)O. The first-order valence-electron chi connectivity index (χ1n) is 17.6. The van der Waals surface area contributed by atoms with Crippen LogP contribution in [-0.2, 0) is 49.7 Å². The molecule has 0 bridgehead atoms. The minimum Gasteiger partial charge on any atom is -0.508 e. The number of nitrogens with two attached hydrogens (primary N) is 1. The molecule has 5 rings (SSSR count). The molecule has 0 saturated carbocycles. The molecule has 5 aromatic rings.